The van der Waals surface area contributed by atoms with Gasteiger partial charge in [-0.15, -0.1) is 0 Å². The molecule has 0 unspecified atom stereocenters. The highest BCUT2D eigenvalue weighted by molar-refractivity contribution is 6.11. The Hall–Kier alpha value is -4.56. The third kappa shape index (κ3) is 5.20. The summed E-state index contributed by atoms with van der Waals surface area (Å²) in [4.78, 5) is 12.8. The third-order valence-electron chi connectivity index (χ3n) is 5.16. The van der Waals surface area contributed by atoms with Crippen LogP contribution in [0.1, 0.15) is 11.1 Å². The van der Waals surface area contributed by atoms with Gasteiger partial charge in [0.15, 0.2) is 0 Å². The molecule has 0 aliphatic heterocycles. The predicted octanol–water partition coefficient (Wildman–Crippen LogP) is 5.97. The first kappa shape index (κ1) is 21.7. The molecule has 0 saturated heterocycles. The molecule has 5 heteroatoms. The van der Waals surface area contributed by atoms with Gasteiger partial charge in [-0.1, -0.05) is 60.7 Å². The molecule has 0 spiro atoms. The first-order valence-corrected chi connectivity index (χ1v) is 10.4. The van der Waals surface area contributed by atoms with Crippen molar-refractivity contribution in [2.45, 2.75) is 6.61 Å². The Kier molecular flexibility index (Phi) is 6.67. The second kappa shape index (κ2) is 10.2. The van der Waals surface area contributed by atoms with E-state index in [2.05, 4.69) is 5.32 Å². The molecular formula is C28H22N2O3. The summed E-state index contributed by atoms with van der Waals surface area (Å²) >= 11 is 0. The normalized spacial score (nSPS) is 11.0. The highest BCUT2D eigenvalue weighted by Crippen LogP contribution is 2.30. The number of nitrogens with zero attached hydrogens (tertiary/aromatic N) is 1. The number of amides is 1. The van der Waals surface area contributed by atoms with Crippen molar-refractivity contribution in [3.63, 3.8) is 0 Å². The molecule has 0 atom stereocenters. The number of carbonyl (C=O) groups is 1. The Morgan fingerprint density at radius 1 is 0.939 bits per heavy atom. The highest BCUT2D eigenvalue weighted by Gasteiger charge is 2.13. The van der Waals surface area contributed by atoms with Crippen LogP contribution in [-0.4, -0.2) is 13.0 Å². The molecule has 0 aromatic heterocycles. The van der Waals surface area contributed by atoms with Gasteiger partial charge in [0.05, 0.1) is 7.11 Å². The number of benzene rings is 4. The molecule has 0 fully saturated rings. The van der Waals surface area contributed by atoms with Crippen LogP contribution >= 0.6 is 0 Å². The van der Waals surface area contributed by atoms with Crippen LogP contribution in [0.3, 0.4) is 0 Å². The number of rotatable bonds is 7. The fourth-order valence-corrected chi connectivity index (χ4v) is 3.47. The zero-order chi connectivity index (χ0) is 23.0. The van der Waals surface area contributed by atoms with Crippen LogP contribution < -0.4 is 14.8 Å². The van der Waals surface area contributed by atoms with Crippen LogP contribution in [0.15, 0.2) is 96.6 Å². The molecule has 1 amide bonds. The average molecular weight is 434 g/mol. The fraction of sp³-hybridized carbons (Fsp3) is 0.0714. The first-order valence-electron chi connectivity index (χ1n) is 10.4. The molecule has 0 saturated carbocycles. The average Bonchev–Trinajstić information content (AvgIpc) is 2.87. The molecule has 0 heterocycles. The number of carbonyl (C=O) groups excluding carboxylic acids is 1. The van der Waals surface area contributed by atoms with E-state index in [1.54, 1.807) is 37.5 Å². The second-order valence-electron chi connectivity index (χ2n) is 7.33. The lowest BCUT2D eigenvalue weighted by molar-refractivity contribution is -0.112. The van der Waals surface area contributed by atoms with Crippen molar-refractivity contribution in [1.82, 2.24) is 0 Å². The van der Waals surface area contributed by atoms with Crippen molar-refractivity contribution >= 4 is 28.4 Å². The molecule has 0 bridgehead atoms. The van der Waals surface area contributed by atoms with E-state index in [1.807, 2.05) is 72.8 Å². The van der Waals surface area contributed by atoms with E-state index in [4.69, 9.17) is 9.47 Å². The van der Waals surface area contributed by atoms with Crippen LogP contribution in [0.4, 0.5) is 5.69 Å². The number of hydrogen-bond donors (Lipinski definition) is 1. The maximum absolute atomic E-state index is 12.8. The highest BCUT2D eigenvalue weighted by atomic mass is 16.5. The van der Waals surface area contributed by atoms with Crippen molar-refractivity contribution in [2.24, 2.45) is 0 Å². The zero-order valence-corrected chi connectivity index (χ0v) is 18.1. The quantitative estimate of drug-likeness (QED) is 0.287. The SMILES string of the molecule is COc1ccc2ccccc2c1/C=C(\C#N)C(=O)Nc1ccc(OCc2ccccc2)cc1. The van der Waals surface area contributed by atoms with E-state index in [0.29, 0.717) is 29.4 Å². The smallest absolute Gasteiger partial charge is 0.266 e. The summed E-state index contributed by atoms with van der Waals surface area (Å²) in [5, 5.41) is 14.3. The van der Waals surface area contributed by atoms with Gasteiger partial charge in [0.2, 0.25) is 0 Å². The van der Waals surface area contributed by atoms with Crippen LogP contribution in [0, 0.1) is 11.3 Å². The lowest BCUT2D eigenvalue weighted by atomic mass is 10.0. The number of fused-ring (bicyclic) bond motifs is 1. The van der Waals surface area contributed by atoms with Crippen LogP contribution in [-0.2, 0) is 11.4 Å². The molecule has 5 nitrogen and oxygen atoms in total. The van der Waals surface area contributed by atoms with Crippen molar-refractivity contribution in [3.8, 4) is 17.6 Å². The molecule has 0 aliphatic carbocycles. The van der Waals surface area contributed by atoms with Gasteiger partial charge in [0, 0.05) is 11.3 Å². The molecule has 1 N–H and O–H groups in total. The van der Waals surface area contributed by atoms with Gasteiger partial charge in [0.25, 0.3) is 5.91 Å². The Morgan fingerprint density at radius 3 is 2.39 bits per heavy atom. The minimum atomic E-state index is -0.495. The van der Waals surface area contributed by atoms with E-state index in [9.17, 15) is 10.1 Å². The van der Waals surface area contributed by atoms with Crippen molar-refractivity contribution in [2.75, 3.05) is 12.4 Å². The van der Waals surface area contributed by atoms with E-state index < -0.39 is 5.91 Å². The minimum Gasteiger partial charge on any atom is -0.496 e. The van der Waals surface area contributed by atoms with Crippen molar-refractivity contribution < 1.29 is 14.3 Å². The summed E-state index contributed by atoms with van der Waals surface area (Å²) in [7, 11) is 1.56. The van der Waals surface area contributed by atoms with E-state index in [-0.39, 0.29) is 5.57 Å². The maximum atomic E-state index is 12.8. The molecule has 162 valence electrons. The zero-order valence-electron chi connectivity index (χ0n) is 18.1. The lowest BCUT2D eigenvalue weighted by Crippen LogP contribution is -2.13. The molecule has 0 aliphatic rings. The van der Waals surface area contributed by atoms with Gasteiger partial charge in [-0.25, -0.2) is 0 Å². The molecule has 0 radical (unpaired) electrons. The number of ether oxygens (including phenoxy) is 2. The summed E-state index contributed by atoms with van der Waals surface area (Å²) in [6.07, 6.45) is 1.56. The van der Waals surface area contributed by atoms with Gasteiger partial charge in [0.1, 0.15) is 29.7 Å². The first-order chi connectivity index (χ1) is 16.2. The lowest BCUT2D eigenvalue weighted by Gasteiger charge is -2.10. The molecule has 4 rings (SSSR count). The summed E-state index contributed by atoms with van der Waals surface area (Å²) in [5.41, 5.74) is 2.31. The van der Waals surface area contributed by atoms with Gasteiger partial charge in [-0.2, -0.15) is 5.26 Å². The largest absolute Gasteiger partial charge is 0.496 e. The van der Waals surface area contributed by atoms with Gasteiger partial charge in [-0.3, -0.25) is 4.79 Å². The number of hydrogen-bond acceptors (Lipinski definition) is 4. The monoisotopic (exact) mass is 434 g/mol. The van der Waals surface area contributed by atoms with Crippen LogP contribution in [0.5, 0.6) is 11.5 Å². The predicted molar refractivity (Wildman–Crippen MR) is 130 cm³/mol. The minimum absolute atomic E-state index is 0.0194. The number of nitriles is 1. The number of methoxy groups -OCH3 is 1. The van der Waals surface area contributed by atoms with E-state index >= 15 is 0 Å². The number of anilines is 1. The van der Waals surface area contributed by atoms with E-state index in [0.717, 1.165) is 16.3 Å². The fourth-order valence-electron chi connectivity index (χ4n) is 3.47. The Bertz CT molecular complexity index is 1340. The van der Waals surface area contributed by atoms with Crippen molar-refractivity contribution in [3.05, 3.63) is 108 Å². The topological polar surface area (TPSA) is 71.3 Å². The molecule has 4 aromatic rings. The summed E-state index contributed by atoms with van der Waals surface area (Å²) < 4.78 is 11.2. The Labute approximate surface area is 192 Å². The van der Waals surface area contributed by atoms with Gasteiger partial charge < -0.3 is 14.8 Å². The van der Waals surface area contributed by atoms with Crippen LogP contribution in [0.2, 0.25) is 0 Å². The molecular weight excluding hydrogens is 412 g/mol. The second-order valence-corrected chi connectivity index (χ2v) is 7.33. The third-order valence-corrected chi connectivity index (χ3v) is 5.16. The number of nitrogens with one attached hydrogen (secondary N) is 1. The van der Waals surface area contributed by atoms with Crippen LogP contribution in [0.25, 0.3) is 16.8 Å². The van der Waals surface area contributed by atoms with Gasteiger partial charge in [-0.05, 0) is 52.7 Å². The van der Waals surface area contributed by atoms with Crippen molar-refractivity contribution in [1.29, 1.82) is 5.26 Å². The molecule has 4 aromatic carbocycles. The van der Waals surface area contributed by atoms with E-state index in [1.165, 1.54) is 0 Å². The summed E-state index contributed by atoms with van der Waals surface area (Å²) in [6.45, 7) is 0.459. The summed E-state index contributed by atoms with van der Waals surface area (Å²) in [6, 6.07) is 30.5. The van der Waals surface area contributed by atoms with Gasteiger partial charge >= 0.3 is 0 Å². The molecule has 33 heavy (non-hydrogen) atoms. The summed E-state index contributed by atoms with van der Waals surface area (Å²) in [5.74, 6) is 0.785. The maximum Gasteiger partial charge on any atom is 0.266 e. The standard InChI is InChI=1S/C28H22N2O3/c1-32-27-16-11-21-9-5-6-10-25(21)26(27)17-22(18-29)28(31)30-23-12-14-24(15-13-23)33-19-20-7-3-2-4-8-20/h2-17H,19H2,1H3,(H,30,31)/b22-17+. The Balaban J connectivity index is 1.50. The Morgan fingerprint density at radius 2 is 1.67 bits per heavy atom.